The quantitative estimate of drug-likeness (QED) is 0.749. The van der Waals surface area contributed by atoms with Gasteiger partial charge < -0.3 is 6.15 Å². The normalized spacial score (nSPS) is 19.7. The first-order valence-electron chi connectivity index (χ1n) is 5.26. The fourth-order valence-corrected chi connectivity index (χ4v) is 2.32. The summed E-state index contributed by atoms with van der Waals surface area (Å²) in [6.07, 6.45) is 5.07. The summed E-state index contributed by atoms with van der Waals surface area (Å²) in [5, 5.41) is 0. The lowest BCUT2D eigenvalue weighted by Crippen LogP contribution is -2.34. The molecule has 1 rings (SSSR count). The average molecular weight is 237 g/mol. The van der Waals surface area contributed by atoms with Crippen LogP contribution < -0.4 is 6.15 Å². The van der Waals surface area contributed by atoms with Crippen LogP contribution in [0.2, 0.25) is 0 Å². The second-order valence-corrected chi connectivity index (χ2v) is 7.25. The third-order valence-corrected chi connectivity index (χ3v) is 4.59. The molecule has 1 fully saturated rings. The van der Waals surface area contributed by atoms with Crippen LogP contribution in [0.25, 0.3) is 0 Å². The molecule has 92 valence electrons. The van der Waals surface area contributed by atoms with Crippen molar-refractivity contribution in [1.29, 1.82) is 0 Å². The molecule has 0 amide bonds. The molecule has 0 aliphatic heterocycles. The SMILES string of the molecule is CC(C)(C)S(=O)(=O)OC1CCCCC1.N. The predicted molar refractivity (Wildman–Crippen MR) is 61.7 cm³/mol. The second kappa shape index (κ2) is 5.27. The summed E-state index contributed by atoms with van der Waals surface area (Å²) in [7, 11) is -3.40. The molecule has 0 bridgehead atoms. The van der Waals surface area contributed by atoms with E-state index < -0.39 is 14.9 Å². The molecule has 0 unspecified atom stereocenters. The van der Waals surface area contributed by atoms with Gasteiger partial charge in [-0.2, -0.15) is 8.42 Å². The Balaban J connectivity index is 0.00000196. The minimum Gasteiger partial charge on any atom is -0.344 e. The molecule has 0 aromatic rings. The summed E-state index contributed by atoms with van der Waals surface area (Å²) in [6, 6.07) is 0. The van der Waals surface area contributed by atoms with Gasteiger partial charge in [-0.1, -0.05) is 19.3 Å². The molecule has 0 atom stereocenters. The largest absolute Gasteiger partial charge is 0.344 e. The molecule has 1 aliphatic carbocycles. The zero-order chi connectivity index (χ0) is 10.8. The van der Waals surface area contributed by atoms with Crippen LogP contribution in [0, 0.1) is 0 Å². The molecule has 0 saturated heterocycles. The van der Waals surface area contributed by atoms with Crippen molar-refractivity contribution in [3.63, 3.8) is 0 Å². The van der Waals surface area contributed by atoms with Crippen LogP contribution in [0.1, 0.15) is 52.9 Å². The average Bonchev–Trinajstić information content (AvgIpc) is 2.03. The zero-order valence-corrected chi connectivity index (χ0v) is 10.8. The summed E-state index contributed by atoms with van der Waals surface area (Å²) in [6.45, 7) is 5.02. The van der Waals surface area contributed by atoms with Crippen molar-refractivity contribution in [2.24, 2.45) is 0 Å². The first kappa shape index (κ1) is 14.9. The standard InChI is InChI=1S/C10H20O3S.H3N/c1-10(2,3)14(11,12)13-9-7-5-4-6-8-9;/h9H,4-8H2,1-3H3;1H3. The van der Waals surface area contributed by atoms with Gasteiger partial charge in [0.25, 0.3) is 10.1 Å². The van der Waals surface area contributed by atoms with Crippen molar-refractivity contribution in [3.8, 4) is 0 Å². The lowest BCUT2D eigenvalue weighted by Gasteiger charge is -2.26. The van der Waals surface area contributed by atoms with Crippen molar-refractivity contribution < 1.29 is 12.6 Å². The van der Waals surface area contributed by atoms with Gasteiger partial charge in [0.2, 0.25) is 0 Å². The van der Waals surface area contributed by atoms with Gasteiger partial charge in [-0.25, -0.2) is 0 Å². The van der Waals surface area contributed by atoms with E-state index in [4.69, 9.17) is 4.18 Å². The lowest BCUT2D eigenvalue weighted by molar-refractivity contribution is 0.157. The highest BCUT2D eigenvalue weighted by atomic mass is 32.2. The molecule has 5 heteroatoms. The molecule has 4 nitrogen and oxygen atoms in total. The Hall–Kier alpha value is -0.130. The topological polar surface area (TPSA) is 78.4 Å². The van der Waals surface area contributed by atoms with Crippen molar-refractivity contribution in [1.82, 2.24) is 6.15 Å². The Bertz CT molecular complexity index is 274. The fourth-order valence-electron chi connectivity index (χ4n) is 1.48. The summed E-state index contributed by atoms with van der Waals surface area (Å²) in [5.74, 6) is 0. The maximum atomic E-state index is 11.7. The molecule has 0 spiro atoms. The lowest BCUT2D eigenvalue weighted by atomic mass is 9.98. The minimum absolute atomic E-state index is 0. The van der Waals surface area contributed by atoms with Crippen LogP contribution in [0.15, 0.2) is 0 Å². The number of rotatable bonds is 2. The molecule has 3 N–H and O–H groups in total. The number of hydrogen-bond acceptors (Lipinski definition) is 4. The van der Waals surface area contributed by atoms with Gasteiger partial charge in [-0.15, -0.1) is 0 Å². The molecule has 0 heterocycles. The van der Waals surface area contributed by atoms with Crippen molar-refractivity contribution >= 4 is 10.1 Å². The maximum absolute atomic E-state index is 11.7. The van der Waals surface area contributed by atoms with Gasteiger partial charge in [-0.05, 0) is 33.6 Å². The highest BCUT2D eigenvalue weighted by molar-refractivity contribution is 7.88. The highest BCUT2D eigenvalue weighted by Crippen LogP contribution is 2.26. The van der Waals surface area contributed by atoms with Crippen LogP contribution in [0.5, 0.6) is 0 Å². The zero-order valence-electron chi connectivity index (χ0n) is 9.95. The van der Waals surface area contributed by atoms with Crippen molar-refractivity contribution in [3.05, 3.63) is 0 Å². The van der Waals surface area contributed by atoms with Crippen LogP contribution >= 0.6 is 0 Å². The summed E-state index contributed by atoms with van der Waals surface area (Å²) in [4.78, 5) is 0. The van der Waals surface area contributed by atoms with Crippen LogP contribution in [-0.4, -0.2) is 19.3 Å². The maximum Gasteiger partial charge on any atom is 0.272 e. The molecule has 15 heavy (non-hydrogen) atoms. The second-order valence-electron chi connectivity index (χ2n) is 4.92. The monoisotopic (exact) mass is 237 g/mol. The Labute approximate surface area is 93.1 Å². The third-order valence-electron chi connectivity index (χ3n) is 2.56. The van der Waals surface area contributed by atoms with Crippen molar-refractivity contribution in [2.75, 3.05) is 0 Å². The van der Waals surface area contributed by atoms with E-state index in [1.54, 1.807) is 20.8 Å². The van der Waals surface area contributed by atoms with E-state index in [9.17, 15) is 8.42 Å². The van der Waals surface area contributed by atoms with E-state index in [1.807, 2.05) is 0 Å². The van der Waals surface area contributed by atoms with Gasteiger partial charge in [-0.3, -0.25) is 4.18 Å². The van der Waals surface area contributed by atoms with Gasteiger partial charge >= 0.3 is 0 Å². The number of hydrogen-bond donors (Lipinski definition) is 1. The molecule has 0 radical (unpaired) electrons. The van der Waals surface area contributed by atoms with Crippen LogP contribution in [-0.2, 0) is 14.3 Å². The van der Waals surface area contributed by atoms with Gasteiger partial charge in [0.1, 0.15) is 0 Å². The summed E-state index contributed by atoms with van der Waals surface area (Å²) < 4.78 is 27.8. The molecule has 1 saturated carbocycles. The molecular weight excluding hydrogens is 214 g/mol. The summed E-state index contributed by atoms with van der Waals surface area (Å²) in [5.41, 5.74) is 0. The van der Waals surface area contributed by atoms with E-state index in [-0.39, 0.29) is 12.3 Å². The highest BCUT2D eigenvalue weighted by Gasteiger charge is 2.33. The Morgan fingerprint density at radius 2 is 1.53 bits per heavy atom. The van der Waals surface area contributed by atoms with E-state index in [0.717, 1.165) is 25.7 Å². The summed E-state index contributed by atoms with van der Waals surface area (Å²) >= 11 is 0. The molecule has 0 aromatic heterocycles. The van der Waals surface area contributed by atoms with Gasteiger partial charge in [0, 0.05) is 0 Å². The van der Waals surface area contributed by atoms with Gasteiger partial charge in [0.05, 0.1) is 10.9 Å². The Morgan fingerprint density at radius 1 is 1.07 bits per heavy atom. The first-order chi connectivity index (χ1) is 6.33. The molecular formula is C10H23NO3S. The Morgan fingerprint density at radius 3 is 1.93 bits per heavy atom. The third kappa shape index (κ3) is 4.09. The fraction of sp³-hybridized carbons (Fsp3) is 1.00. The van der Waals surface area contributed by atoms with E-state index in [2.05, 4.69) is 0 Å². The van der Waals surface area contributed by atoms with Crippen LogP contribution in [0.3, 0.4) is 0 Å². The molecule has 0 aromatic carbocycles. The Kier molecular flexibility index (Phi) is 5.23. The van der Waals surface area contributed by atoms with Crippen LogP contribution in [0.4, 0.5) is 0 Å². The predicted octanol–water partition coefficient (Wildman–Crippen LogP) is 2.63. The van der Waals surface area contributed by atoms with Crippen molar-refractivity contribution in [2.45, 2.75) is 63.7 Å². The molecule has 1 aliphatic rings. The van der Waals surface area contributed by atoms with E-state index in [1.165, 1.54) is 6.42 Å². The minimum atomic E-state index is -3.40. The van der Waals surface area contributed by atoms with E-state index in [0.29, 0.717) is 0 Å². The van der Waals surface area contributed by atoms with E-state index >= 15 is 0 Å². The smallest absolute Gasteiger partial charge is 0.272 e. The van der Waals surface area contributed by atoms with Gasteiger partial charge in [0.15, 0.2) is 0 Å². The first-order valence-corrected chi connectivity index (χ1v) is 6.66.